The average Bonchev–Trinajstić information content (AvgIpc) is 2.48. The summed E-state index contributed by atoms with van der Waals surface area (Å²) in [5, 5.41) is 0. The molecule has 1 aliphatic heterocycles. The Labute approximate surface area is 124 Å². The molecule has 0 saturated heterocycles. The topological polar surface area (TPSA) is 25.4 Å². The maximum absolute atomic E-state index is 5.63. The van der Waals surface area contributed by atoms with Gasteiger partial charge < -0.3 is 9.64 Å². The number of pyridine rings is 1. The average molecular weight is 286 g/mol. The molecule has 0 atom stereocenters. The van der Waals surface area contributed by atoms with Crippen molar-refractivity contribution in [2.24, 2.45) is 0 Å². The Hall–Kier alpha value is -1.68. The fraction of sp³-hybridized carbons (Fsp3) is 0.312. The Morgan fingerprint density at radius 2 is 2.10 bits per heavy atom. The summed E-state index contributed by atoms with van der Waals surface area (Å²) in [6, 6.07) is 10.5. The van der Waals surface area contributed by atoms with Crippen molar-refractivity contribution in [2.45, 2.75) is 17.6 Å². The van der Waals surface area contributed by atoms with E-state index in [1.165, 1.54) is 16.0 Å². The number of nitrogens with zero attached hydrogens (tertiary/aromatic N) is 2. The molecule has 2 heterocycles. The summed E-state index contributed by atoms with van der Waals surface area (Å²) >= 11 is 1.83. The first-order valence-electron chi connectivity index (χ1n) is 6.76. The van der Waals surface area contributed by atoms with Crippen molar-refractivity contribution in [2.75, 3.05) is 25.1 Å². The molecule has 0 bridgehead atoms. The number of aromatic nitrogens is 1. The third-order valence-electron chi connectivity index (χ3n) is 3.51. The molecule has 0 amide bonds. The van der Waals surface area contributed by atoms with E-state index in [9.17, 15) is 0 Å². The van der Waals surface area contributed by atoms with Gasteiger partial charge in [0.2, 0.25) is 5.88 Å². The third kappa shape index (κ3) is 2.61. The van der Waals surface area contributed by atoms with Crippen LogP contribution < -0.4 is 9.64 Å². The van der Waals surface area contributed by atoms with E-state index >= 15 is 0 Å². The number of fused-ring (bicyclic) bond motifs is 1. The summed E-state index contributed by atoms with van der Waals surface area (Å²) in [4.78, 5) is 7.91. The summed E-state index contributed by atoms with van der Waals surface area (Å²) in [6.07, 6.45) is 1.93. The van der Waals surface area contributed by atoms with Gasteiger partial charge in [-0.3, -0.25) is 0 Å². The van der Waals surface area contributed by atoms with Crippen LogP contribution >= 0.6 is 11.8 Å². The lowest BCUT2D eigenvalue weighted by atomic mass is 10.2. The zero-order valence-corrected chi connectivity index (χ0v) is 12.6. The van der Waals surface area contributed by atoms with E-state index in [1.54, 1.807) is 0 Å². The van der Waals surface area contributed by atoms with Gasteiger partial charge in [-0.25, -0.2) is 4.98 Å². The van der Waals surface area contributed by atoms with Gasteiger partial charge in [0.15, 0.2) is 0 Å². The summed E-state index contributed by atoms with van der Waals surface area (Å²) in [7, 11) is 2.10. The molecular weight excluding hydrogens is 268 g/mol. The number of thioether (sulfide) groups is 1. The number of hydrogen-bond acceptors (Lipinski definition) is 4. The van der Waals surface area contributed by atoms with E-state index in [2.05, 4.69) is 48.1 Å². The van der Waals surface area contributed by atoms with Crippen LogP contribution in [-0.4, -0.2) is 25.2 Å². The minimum absolute atomic E-state index is 0.715. The molecule has 104 valence electrons. The van der Waals surface area contributed by atoms with Gasteiger partial charge in [-0.05, 0) is 18.1 Å². The molecule has 3 nitrogen and oxygen atoms in total. The largest absolute Gasteiger partial charge is 0.474 e. The van der Waals surface area contributed by atoms with Crippen molar-refractivity contribution in [3.8, 4) is 5.88 Å². The second-order valence-corrected chi connectivity index (χ2v) is 5.96. The van der Waals surface area contributed by atoms with Crippen LogP contribution in [-0.2, 0) is 5.75 Å². The van der Waals surface area contributed by atoms with E-state index < -0.39 is 0 Å². The molecule has 1 aliphatic rings. The Kier molecular flexibility index (Phi) is 3.83. The predicted octanol–water partition coefficient (Wildman–Crippen LogP) is 3.51. The molecule has 1 aromatic carbocycles. The molecule has 3 rings (SSSR count). The SMILES string of the molecule is Cc1c(SCc2ccccc2)cnc2c1N(C)CCO2. The van der Waals surface area contributed by atoms with Gasteiger partial charge in [0.05, 0.1) is 6.54 Å². The van der Waals surface area contributed by atoms with E-state index in [0.717, 1.165) is 23.9 Å². The lowest BCUT2D eigenvalue weighted by molar-refractivity contribution is 0.298. The van der Waals surface area contributed by atoms with E-state index in [1.807, 2.05) is 24.0 Å². The normalized spacial score (nSPS) is 13.8. The Bertz CT molecular complexity index is 601. The first-order chi connectivity index (χ1) is 9.75. The van der Waals surface area contributed by atoms with Gasteiger partial charge in [-0.15, -0.1) is 11.8 Å². The molecule has 0 radical (unpaired) electrons. The standard InChI is InChI=1S/C16H18N2OS/c1-12-14(20-11-13-6-4-3-5-7-13)10-17-16-15(12)18(2)8-9-19-16/h3-7,10H,8-9,11H2,1-2H3. The molecule has 0 spiro atoms. The van der Waals surface area contributed by atoms with Crippen molar-refractivity contribution < 1.29 is 4.74 Å². The van der Waals surface area contributed by atoms with Crippen molar-refractivity contribution in [1.29, 1.82) is 0 Å². The quantitative estimate of drug-likeness (QED) is 0.806. The van der Waals surface area contributed by atoms with Gasteiger partial charge in [-0.2, -0.15) is 0 Å². The van der Waals surface area contributed by atoms with Crippen molar-refractivity contribution in [3.63, 3.8) is 0 Å². The maximum Gasteiger partial charge on any atom is 0.237 e. The smallest absolute Gasteiger partial charge is 0.237 e. The van der Waals surface area contributed by atoms with E-state index in [0.29, 0.717) is 6.61 Å². The zero-order chi connectivity index (χ0) is 13.9. The maximum atomic E-state index is 5.63. The number of hydrogen-bond donors (Lipinski definition) is 0. The second-order valence-electron chi connectivity index (χ2n) is 4.95. The number of anilines is 1. The van der Waals surface area contributed by atoms with Crippen LogP contribution in [0.2, 0.25) is 0 Å². The fourth-order valence-electron chi connectivity index (χ4n) is 2.38. The molecule has 1 aromatic heterocycles. The lowest BCUT2D eigenvalue weighted by Gasteiger charge is -2.29. The van der Waals surface area contributed by atoms with Crippen molar-refractivity contribution >= 4 is 17.4 Å². The van der Waals surface area contributed by atoms with Gasteiger partial charge in [0, 0.05) is 23.9 Å². The predicted molar refractivity (Wildman–Crippen MR) is 83.7 cm³/mol. The molecule has 2 aromatic rings. The number of benzene rings is 1. The third-order valence-corrected chi connectivity index (χ3v) is 4.71. The van der Waals surface area contributed by atoms with Gasteiger partial charge >= 0.3 is 0 Å². The van der Waals surface area contributed by atoms with Gasteiger partial charge in [-0.1, -0.05) is 30.3 Å². The minimum Gasteiger partial charge on any atom is -0.474 e. The van der Waals surface area contributed by atoms with Crippen LogP contribution in [0.4, 0.5) is 5.69 Å². The molecule has 0 fully saturated rings. The summed E-state index contributed by atoms with van der Waals surface area (Å²) in [6.45, 7) is 3.79. The Morgan fingerprint density at radius 3 is 2.90 bits per heavy atom. The molecule has 0 N–H and O–H groups in total. The number of ether oxygens (including phenoxy) is 1. The van der Waals surface area contributed by atoms with Gasteiger partial charge in [0.1, 0.15) is 12.3 Å². The summed E-state index contributed by atoms with van der Waals surface area (Å²) in [5.74, 6) is 1.73. The van der Waals surface area contributed by atoms with E-state index in [4.69, 9.17) is 4.74 Å². The molecule has 0 aliphatic carbocycles. The molecule has 4 heteroatoms. The van der Waals surface area contributed by atoms with Crippen LogP contribution in [0.15, 0.2) is 41.4 Å². The molecule has 0 unspecified atom stereocenters. The minimum atomic E-state index is 0.715. The zero-order valence-electron chi connectivity index (χ0n) is 11.8. The monoisotopic (exact) mass is 286 g/mol. The molecule has 0 saturated carbocycles. The highest BCUT2D eigenvalue weighted by atomic mass is 32.2. The van der Waals surface area contributed by atoms with Crippen LogP contribution in [0.5, 0.6) is 5.88 Å². The van der Waals surface area contributed by atoms with Crippen molar-refractivity contribution in [1.82, 2.24) is 4.98 Å². The first kappa shape index (κ1) is 13.3. The fourth-order valence-corrected chi connectivity index (χ4v) is 3.33. The lowest BCUT2D eigenvalue weighted by Crippen LogP contribution is -2.30. The Morgan fingerprint density at radius 1 is 1.30 bits per heavy atom. The van der Waals surface area contributed by atoms with Crippen LogP contribution in [0.1, 0.15) is 11.1 Å². The highest BCUT2D eigenvalue weighted by Gasteiger charge is 2.20. The first-order valence-corrected chi connectivity index (χ1v) is 7.74. The summed E-state index contributed by atoms with van der Waals surface area (Å²) in [5.41, 5.74) is 3.73. The highest BCUT2D eigenvalue weighted by molar-refractivity contribution is 7.98. The summed E-state index contributed by atoms with van der Waals surface area (Å²) < 4.78 is 5.63. The Balaban J connectivity index is 1.82. The van der Waals surface area contributed by atoms with Gasteiger partial charge in [0.25, 0.3) is 0 Å². The number of rotatable bonds is 3. The van der Waals surface area contributed by atoms with Crippen LogP contribution in [0.25, 0.3) is 0 Å². The van der Waals surface area contributed by atoms with E-state index in [-0.39, 0.29) is 0 Å². The highest BCUT2D eigenvalue weighted by Crippen LogP contribution is 2.37. The van der Waals surface area contributed by atoms with Crippen LogP contribution in [0, 0.1) is 6.92 Å². The van der Waals surface area contributed by atoms with Crippen LogP contribution in [0.3, 0.4) is 0 Å². The number of likely N-dealkylation sites (N-methyl/N-ethyl adjacent to an activating group) is 1. The second kappa shape index (κ2) is 5.75. The molecule has 20 heavy (non-hydrogen) atoms. The molecular formula is C16H18N2OS. The van der Waals surface area contributed by atoms with Crippen molar-refractivity contribution in [3.05, 3.63) is 47.7 Å².